The number of methoxy groups -OCH3 is 1. The van der Waals surface area contributed by atoms with Crippen LogP contribution < -0.4 is 15.0 Å². The first-order valence-corrected chi connectivity index (χ1v) is 9.00. The van der Waals surface area contributed by atoms with Gasteiger partial charge in [0, 0.05) is 23.1 Å². The highest BCUT2D eigenvalue weighted by Crippen LogP contribution is 2.33. The summed E-state index contributed by atoms with van der Waals surface area (Å²) in [4.78, 5) is 26.8. The Morgan fingerprint density at radius 3 is 2.78 bits per heavy atom. The molecule has 0 N–H and O–H groups in total. The Balaban J connectivity index is 1.86. The van der Waals surface area contributed by atoms with Crippen molar-refractivity contribution in [3.8, 4) is 22.1 Å². The number of ether oxygens (including phenoxy) is 2. The summed E-state index contributed by atoms with van der Waals surface area (Å²) in [6.07, 6.45) is 1.22. The molecule has 0 saturated carbocycles. The molecule has 0 aliphatic carbocycles. The molecule has 0 unspecified atom stereocenters. The van der Waals surface area contributed by atoms with E-state index >= 15 is 0 Å². The van der Waals surface area contributed by atoms with Gasteiger partial charge in [0.05, 0.1) is 37.1 Å². The zero-order valence-electron chi connectivity index (χ0n) is 14.7. The van der Waals surface area contributed by atoms with Crippen LogP contribution in [-0.4, -0.2) is 28.2 Å². The van der Waals surface area contributed by atoms with Crippen molar-refractivity contribution in [2.24, 2.45) is 0 Å². The van der Waals surface area contributed by atoms with Crippen molar-refractivity contribution in [3.05, 3.63) is 68.1 Å². The summed E-state index contributed by atoms with van der Waals surface area (Å²) in [6, 6.07) is 7.92. The van der Waals surface area contributed by atoms with Gasteiger partial charge >= 0.3 is 0 Å². The molecule has 0 amide bonds. The first-order valence-electron chi connectivity index (χ1n) is 8.12. The third kappa shape index (κ3) is 4.14. The summed E-state index contributed by atoms with van der Waals surface area (Å²) in [7, 11) is 1.57. The summed E-state index contributed by atoms with van der Waals surface area (Å²) in [6.45, 7) is 2.59. The summed E-state index contributed by atoms with van der Waals surface area (Å²) in [5.74, 6) is 1.27. The molecule has 0 saturated heterocycles. The second-order valence-corrected chi connectivity index (χ2v) is 6.41. The van der Waals surface area contributed by atoms with Crippen LogP contribution in [-0.2, 0) is 6.54 Å². The fourth-order valence-electron chi connectivity index (χ4n) is 2.51. The molecule has 0 bridgehead atoms. The molecular weight excluding hydrogens is 370 g/mol. The number of pyridine rings is 1. The Bertz CT molecular complexity index is 1030. The van der Waals surface area contributed by atoms with E-state index < -0.39 is 4.92 Å². The first-order chi connectivity index (χ1) is 13.0. The van der Waals surface area contributed by atoms with E-state index in [1.54, 1.807) is 7.11 Å². The molecule has 0 atom stereocenters. The van der Waals surface area contributed by atoms with Gasteiger partial charge in [0.15, 0.2) is 11.5 Å². The van der Waals surface area contributed by atoms with E-state index in [0.29, 0.717) is 23.8 Å². The maximum absolute atomic E-state index is 11.9. The minimum absolute atomic E-state index is 0.138. The van der Waals surface area contributed by atoms with Crippen LogP contribution in [0.2, 0.25) is 0 Å². The lowest BCUT2D eigenvalue weighted by molar-refractivity contribution is -0.385. The van der Waals surface area contributed by atoms with Crippen molar-refractivity contribution >= 4 is 17.0 Å². The van der Waals surface area contributed by atoms with E-state index in [1.165, 1.54) is 34.2 Å². The number of hydrogen-bond donors (Lipinski definition) is 0. The molecule has 2 heterocycles. The van der Waals surface area contributed by atoms with Crippen molar-refractivity contribution in [2.75, 3.05) is 13.7 Å². The van der Waals surface area contributed by atoms with E-state index in [9.17, 15) is 14.9 Å². The standard InChI is InChI=1S/C18H17N3O5S/c1-3-26-15-6-4-12(8-16(15)25-2)18-19-13(11-27-18)9-20-10-14(21(23)24)5-7-17(20)22/h4-8,10-11H,3,9H2,1-2H3. The van der Waals surface area contributed by atoms with Crippen molar-refractivity contribution in [3.63, 3.8) is 0 Å². The van der Waals surface area contributed by atoms with E-state index in [1.807, 2.05) is 30.5 Å². The Labute approximate surface area is 158 Å². The van der Waals surface area contributed by atoms with Crippen LogP contribution in [0.25, 0.3) is 10.6 Å². The van der Waals surface area contributed by atoms with Gasteiger partial charge in [-0.3, -0.25) is 14.9 Å². The molecule has 3 aromatic rings. The number of rotatable bonds is 7. The van der Waals surface area contributed by atoms with Crippen molar-refractivity contribution in [1.29, 1.82) is 0 Å². The SMILES string of the molecule is CCOc1ccc(-c2nc(Cn3cc([N+](=O)[O-])ccc3=O)cs2)cc1OC. The number of nitrogens with zero attached hydrogens (tertiary/aromatic N) is 3. The summed E-state index contributed by atoms with van der Waals surface area (Å²) in [5, 5.41) is 13.5. The highest BCUT2D eigenvalue weighted by molar-refractivity contribution is 7.13. The van der Waals surface area contributed by atoms with Crippen LogP contribution in [0.15, 0.2) is 46.7 Å². The molecule has 2 aromatic heterocycles. The Hall–Kier alpha value is -3.20. The second-order valence-electron chi connectivity index (χ2n) is 5.55. The number of hydrogen-bond acceptors (Lipinski definition) is 7. The van der Waals surface area contributed by atoms with Gasteiger partial charge < -0.3 is 14.0 Å². The maximum atomic E-state index is 11.9. The minimum Gasteiger partial charge on any atom is -0.493 e. The molecule has 0 aliphatic rings. The average molecular weight is 387 g/mol. The van der Waals surface area contributed by atoms with E-state index in [0.717, 1.165) is 10.6 Å². The monoisotopic (exact) mass is 387 g/mol. The van der Waals surface area contributed by atoms with Gasteiger partial charge in [-0.15, -0.1) is 11.3 Å². The molecule has 0 spiro atoms. The third-order valence-electron chi connectivity index (χ3n) is 3.77. The van der Waals surface area contributed by atoms with E-state index in [-0.39, 0.29) is 17.8 Å². The highest BCUT2D eigenvalue weighted by Gasteiger charge is 2.12. The van der Waals surface area contributed by atoms with Crippen molar-refractivity contribution in [1.82, 2.24) is 9.55 Å². The third-order valence-corrected chi connectivity index (χ3v) is 4.71. The minimum atomic E-state index is -0.533. The Morgan fingerprint density at radius 1 is 1.26 bits per heavy atom. The molecule has 0 fully saturated rings. The van der Waals surface area contributed by atoms with Gasteiger partial charge in [-0.1, -0.05) is 0 Å². The first kappa shape index (κ1) is 18.6. The average Bonchev–Trinajstić information content (AvgIpc) is 3.12. The zero-order valence-corrected chi connectivity index (χ0v) is 15.6. The van der Waals surface area contributed by atoms with Crippen molar-refractivity contribution in [2.45, 2.75) is 13.5 Å². The largest absolute Gasteiger partial charge is 0.493 e. The molecule has 0 aliphatic heterocycles. The highest BCUT2D eigenvalue weighted by atomic mass is 32.1. The van der Waals surface area contributed by atoms with Gasteiger partial charge in [0.25, 0.3) is 11.2 Å². The van der Waals surface area contributed by atoms with Crippen LogP contribution in [0.4, 0.5) is 5.69 Å². The van der Waals surface area contributed by atoms with Crippen LogP contribution in [0.5, 0.6) is 11.5 Å². The van der Waals surface area contributed by atoms with Gasteiger partial charge in [-0.2, -0.15) is 0 Å². The Morgan fingerprint density at radius 2 is 2.07 bits per heavy atom. The fourth-order valence-corrected chi connectivity index (χ4v) is 3.32. The number of thiazole rings is 1. The van der Waals surface area contributed by atoms with Crippen LogP contribution >= 0.6 is 11.3 Å². The molecule has 0 radical (unpaired) electrons. The Kier molecular flexibility index (Phi) is 5.51. The van der Waals surface area contributed by atoms with Gasteiger partial charge in [0.1, 0.15) is 5.01 Å². The lowest BCUT2D eigenvalue weighted by atomic mass is 10.2. The smallest absolute Gasteiger partial charge is 0.285 e. The lowest BCUT2D eigenvalue weighted by Gasteiger charge is -2.10. The summed E-state index contributed by atoms with van der Waals surface area (Å²) in [5.41, 5.74) is 1.04. The van der Waals surface area contributed by atoms with Crippen LogP contribution in [0, 0.1) is 10.1 Å². The number of nitro groups is 1. The predicted molar refractivity (Wildman–Crippen MR) is 102 cm³/mol. The topological polar surface area (TPSA) is 96.5 Å². The second kappa shape index (κ2) is 8.00. The van der Waals surface area contributed by atoms with Crippen molar-refractivity contribution < 1.29 is 14.4 Å². The van der Waals surface area contributed by atoms with Crippen LogP contribution in [0.3, 0.4) is 0 Å². The normalized spacial score (nSPS) is 10.6. The van der Waals surface area contributed by atoms with Gasteiger partial charge in [-0.05, 0) is 25.1 Å². The number of benzene rings is 1. The molecule has 1 aromatic carbocycles. The summed E-state index contributed by atoms with van der Waals surface area (Å²) < 4.78 is 12.1. The number of aromatic nitrogens is 2. The zero-order chi connectivity index (χ0) is 19.4. The lowest BCUT2D eigenvalue weighted by Crippen LogP contribution is -2.19. The maximum Gasteiger partial charge on any atom is 0.285 e. The molecule has 27 heavy (non-hydrogen) atoms. The van der Waals surface area contributed by atoms with Crippen LogP contribution in [0.1, 0.15) is 12.6 Å². The van der Waals surface area contributed by atoms with Gasteiger partial charge in [-0.25, -0.2) is 4.98 Å². The van der Waals surface area contributed by atoms with E-state index in [2.05, 4.69) is 4.98 Å². The van der Waals surface area contributed by atoms with E-state index in [4.69, 9.17) is 9.47 Å². The van der Waals surface area contributed by atoms with Gasteiger partial charge in [0.2, 0.25) is 0 Å². The fraction of sp³-hybridized carbons (Fsp3) is 0.222. The molecule has 8 nitrogen and oxygen atoms in total. The molecular formula is C18H17N3O5S. The summed E-state index contributed by atoms with van der Waals surface area (Å²) >= 11 is 1.42. The molecule has 140 valence electrons. The molecule has 9 heteroatoms. The quantitative estimate of drug-likeness (QED) is 0.456. The predicted octanol–water partition coefficient (Wildman–Crippen LogP) is 3.34. The molecule has 3 rings (SSSR count).